The number of carbonyl (C=O) groups excluding carboxylic acids is 1. The number of hydrogen-bond donors (Lipinski definition) is 1. The van der Waals surface area contributed by atoms with Gasteiger partial charge in [-0.15, -0.1) is 0 Å². The minimum atomic E-state index is -0.0833. The van der Waals surface area contributed by atoms with E-state index in [9.17, 15) is 4.79 Å². The molecule has 3 aromatic rings. The second-order valence-electron chi connectivity index (χ2n) is 6.85. The number of rotatable bonds is 4. The van der Waals surface area contributed by atoms with Gasteiger partial charge < -0.3 is 5.32 Å². The van der Waals surface area contributed by atoms with Crippen LogP contribution in [0.25, 0.3) is 11.0 Å². The molecule has 1 aromatic carbocycles. The van der Waals surface area contributed by atoms with Crippen molar-refractivity contribution in [2.75, 3.05) is 19.6 Å². The van der Waals surface area contributed by atoms with E-state index in [2.05, 4.69) is 44.6 Å². The van der Waals surface area contributed by atoms with E-state index in [1.165, 1.54) is 11.1 Å². The summed E-state index contributed by atoms with van der Waals surface area (Å²) in [5, 5.41) is 8.29. The van der Waals surface area contributed by atoms with Crippen LogP contribution in [0.4, 0.5) is 0 Å². The van der Waals surface area contributed by atoms with E-state index in [0.717, 1.165) is 42.8 Å². The van der Waals surface area contributed by atoms with Crippen LogP contribution in [0, 0.1) is 6.92 Å². The average molecular weight is 349 g/mol. The molecule has 0 saturated carbocycles. The summed E-state index contributed by atoms with van der Waals surface area (Å²) in [6.07, 6.45) is 2.70. The van der Waals surface area contributed by atoms with Gasteiger partial charge in [0, 0.05) is 44.8 Å². The smallest absolute Gasteiger partial charge is 0.252 e. The van der Waals surface area contributed by atoms with E-state index >= 15 is 0 Å². The van der Waals surface area contributed by atoms with E-state index in [1.807, 2.05) is 20.0 Å². The van der Waals surface area contributed by atoms with Crippen LogP contribution in [0.3, 0.4) is 0 Å². The Morgan fingerprint density at radius 2 is 2.08 bits per heavy atom. The maximum atomic E-state index is 12.4. The van der Waals surface area contributed by atoms with Crippen LogP contribution < -0.4 is 5.32 Å². The molecule has 6 nitrogen and oxygen atoms in total. The van der Waals surface area contributed by atoms with Gasteiger partial charge in [0.2, 0.25) is 0 Å². The molecule has 134 valence electrons. The maximum absolute atomic E-state index is 12.4. The first kappa shape index (κ1) is 16.7. The summed E-state index contributed by atoms with van der Waals surface area (Å²) in [7, 11) is 1.86. The number of fused-ring (bicyclic) bond motifs is 2. The van der Waals surface area contributed by atoms with Gasteiger partial charge in [-0.05, 0) is 30.5 Å². The normalized spacial score (nSPS) is 14.4. The second-order valence-corrected chi connectivity index (χ2v) is 6.85. The third-order valence-corrected chi connectivity index (χ3v) is 5.05. The van der Waals surface area contributed by atoms with Gasteiger partial charge in [-0.3, -0.25) is 14.4 Å². The molecule has 2 aromatic heterocycles. The Bertz CT molecular complexity index is 962. The van der Waals surface area contributed by atoms with Crippen LogP contribution in [0.2, 0.25) is 0 Å². The summed E-state index contributed by atoms with van der Waals surface area (Å²) in [6.45, 7) is 5.40. The van der Waals surface area contributed by atoms with E-state index in [1.54, 1.807) is 10.9 Å². The first-order chi connectivity index (χ1) is 12.6. The third kappa shape index (κ3) is 3.20. The molecular weight excluding hydrogens is 326 g/mol. The van der Waals surface area contributed by atoms with Crippen molar-refractivity contribution in [3.05, 3.63) is 58.9 Å². The topological polar surface area (TPSA) is 63.1 Å². The van der Waals surface area contributed by atoms with E-state index in [4.69, 9.17) is 0 Å². The quantitative estimate of drug-likeness (QED) is 0.783. The molecule has 1 N–H and O–H groups in total. The van der Waals surface area contributed by atoms with Crippen molar-refractivity contribution in [3.8, 4) is 0 Å². The summed E-state index contributed by atoms with van der Waals surface area (Å²) in [5.74, 6) is -0.0833. The van der Waals surface area contributed by atoms with Crippen LogP contribution in [0.1, 0.15) is 27.2 Å². The van der Waals surface area contributed by atoms with Gasteiger partial charge in [-0.2, -0.15) is 5.10 Å². The van der Waals surface area contributed by atoms with E-state index < -0.39 is 0 Å². The molecule has 3 heterocycles. The van der Waals surface area contributed by atoms with Gasteiger partial charge in [-0.1, -0.05) is 24.3 Å². The molecule has 0 atom stereocenters. The highest BCUT2D eigenvalue weighted by molar-refractivity contribution is 5.97. The summed E-state index contributed by atoms with van der Waals surface area (Å²) >= 11 is 0. The lowest BCUT2D eigenvalue weighted by molar-refractivity contribution is 0.0947. The minimum Gasteiger partial charge on any atom is -0.351 e. The van der Waals surface area contributed by atoms with Gasteiger partial charge in [0.05, 0.1) is 11.3 Å². The monoisotopic (exact) mass is 349 g/mol. The highest BCUT2D eigenvalue weighted by Gasteiger charge is 2.16. The average Bonchev–Trinajstić information content (AvgIpc) is 2.95. The molecule has 0 aliphatic carbocycles. The fourth-order valence-electron chi connectivity index (χ4n) is 3.61. The molecule has 1 aliphatic heterocycles. The molecular formula is C20H23N5O. The van der Waals surface area contributed by atoms with Crippen molar-refractivity contribution in [3.63, 3.8) is 0 Å². The van der Waals surface area contributed by atoms with Crippen LogP contribution in [-0.4, -0.2) is 45.2 Å². The Kier molecular flexibility index (Phi) is 4.42. The SMILES string of the molecule is Cc1nn(C)c2ncc(C(=O)NCCN3CCc4ccccc4C3)cc12. The first-order valence-corrected chi connectivity index (χ1v) is 8.98. The van der Waals surface area contributed by atoms with Gasteiger partial charge in [0.1, 0.15) is 0 Å². The van der Waals surface area contributed by atoms with Crippen LogP contribution in [0.5, 0.6) is 0 Å². The molecule has 0 unspecified atom stereocenters. The highest BCUT2D eigenvalue weighted by atomic mass is 16.1. The standard InChI is InChI=1S/C20H23N5O/c1-14-18-11-17(12-22-19(18)24(2)23-14)20(26)21-8-10-25-9-7-15-5-3-4-6-16(15)13-25/h3-6,11-12H,7-10,13H2,1-2H3,(H,21,26). The number of benzene rings is 1. The molecule has 1 aliphatic rings. The number of carbonyl (C=O) groups is 1. The fourth-order valence-corrected chi connectivity index (χ4v) is 3.61. The Hall–Kier alpha value is -2.73. The van der Waals surface area contributed by atoms with Crippen LogP contribution in [0.15, 0.2) is 36.5 Å². The minimum absolute atomic E-state index is 0.0833. The summed E-state index contributed by atoms with van der Waals surface area (Å²) in [6, 6.07) is 10.5. The number of nitrogens with zero attached hydrogens (tertiary/aromatic N) is 4. The molecule has 4 rings (SSSR count). The van der Waals surface area contributed by atoms with Crippen molar-refractivity contribution in [2.45, 2.75) is 19.9 Å². The number of pyridine rings is 1. The Morgan fingerprint density at radius 1 is 1.27 bits per heavy atom. The molecule has 0 spiro atoms. The Labute approximate surface area is 152 Å². The predicted molar refractivity (Wildman–Crippen MR) is 101 cm³/mol. The molecule has 0 bridgehead atoms. The van der Waals surface area contributed by atoms with E-state index in [-0.39, 0.29) is 5.91 Å². The fraction of sp³-hybridized carbons (Fsp3) is 0.350. The first-order valence-electron chi connectivity index (χ1n) is 8.98. The lowest BCUT2D eigenvalue weighted by Gasteiger charge is -2.28. The van der Waals surface area contributed by atoms with Crippen molar-refractivity contribution < 1.29 is 4.79 Å². The van der Waals surface area contributed by atoms with Crippen molar-refractivity contribution >= 4 is 16.9 Å². The maximum Gasteiger partial charge on any atom is 0.252 e. The number of aryl methyl sites for hydroxylation is 2. The number of nitrogens with one attached hydrogen (secondary N) is 1. The Balaban J connectivity index is 1.35. The largest absolute Gasteiger partial charge is 0.351 e. The van der Waals surface area contributed by atoms with Gasteiger partial charge in [0.15, 0.2) is 5.65 Å². The molecule has 0 radical (unpaired) electrons. The van der Waals surface area contributed by atoms with Crippen LogP contribution in [-0.2, 0) is 20.0 Å². The van der Waals surface area contributed by atoms with Gasteiger partial charge in [-0.25, -0.2) is 4.98 Å². The molecule has 0 fully saturated rings. The highest BCUT2D eigenvalue weighted by Crippen LogP contribution is 2.18. The van der Waals surface area contributed by atoms with Crippen molar-refractivity contribution in [2.24, 2.45) is 7.05 Å². The summed E-state index contributed by atoms with van der Waals surface area (Å²) < 4.78 is 1.74. The zero-order valence-electron chi connectivity index (χ0n) is 15.2. The molecule has 1 amide bonds. The lowest BCUT2D eigenvalue weighted by atomic mass is 10.00. The number of aromatic nitrogens is 3. The molecule has 6 heteroatoms. The second kappa shape index (κ2) is 6.88. The molecule has 0 saturated heterocycles. The van der Waals surface area contributed by atoms with Crippen LogP contribution >= 0.6 is 0 Å². The lowest BCUT2D eigenvalue weighted by Crippen LogP contribution is -2.37. The summed E-state index contributed by atoms with van der Waals surface area (Å²) in [4.78, 5) is 19.2. The van der Waals surface area contributed by atoms with Crippen molar-refractivity contribution in [1.29, 1.82) is 0 Å². The predicted octanol–water partition coefficient (Wildman–Crippen LogP) is 2.06. The zero-order valence-corrected chi connectivity index (χ0v) is 15.2. The molecule has 26 heavy (non-hydrogen) atoms. The van der Waals surface area contributed by atoms with Gasteiger partial charge >= 0.3 is 0 Å². The van der Waals surface area contributed by atoms with E-state index in [0.29, 0.717) is 12.1 Å². The number of hydrogen-bond acceptors (Lipinski definition) is 4. The number of amides is 1. The third-order valence-electron chi connectivity index (χ3n) is 5.05. The summed E-state index contributed by atoms with van der Waals surface area (Å²) in [5.41, 5.74) is 5.10. The van der Waals surface area contributed by atoms with Crippen molar-refractivity contribution in [1.82, 2.24) is 25.0 Å². The zero-order chi connectivity index (χ0) is 18.1. The van der Waals surface area contributed by atoms with Gasteiger partial charge in [0.25, 0.3) is 5.91 Å². The Morgan fingerprint density at radius 3 is 2.92 bits per heavy atom.